The molecular formula is C30H43N3O7SSi2. The van der Waals surface area contributed by atoms with Crippen LogP contribution in [-0.4, -0.2) is 78.6 Å². The van der Waals surface area contributed by atoms with E-state index in [1.54, 1.807) is 56.7 Å². The van der Waals surface area contributed by atoms with Crippen LogP contribution >= 0.6 is 0 Å². The highest BCUT2D eigenvalue weighted by molar-refractivity contribution is 7.89. The van der Waals surface area contributed by atoms with Crippen molar-refractivity contribution in [2.24, 2.45) is 0 Å². The van der Waals surface area contributed by atoms with Crippen molar-refractivity contribution in [1.82, 2.24) is 10.0 Å². The van der Waals surface area contributed by atoms with E-state index in [-0.39, 0.29) is 29.7 Å². The van der Waals surface area contributed by atoms with E-state index in [9.17, 15) is 18.0 Å². The van der Waals surface area contributed by atoms with Crippen LogP contribution in [0.4, 0.5) is 5.69 Å². The Kier molecular flexibility index (Phi) is 11.8. The van der Waals surface area contributed by atoms with E-state index in [0.29, 0.717) is 35.4 Å². The van der Waals surface area contributed by atoms with Gasteiger partial charge < -0.3 is 23.2 Å². The number of rotatable bonds is 16. The monoisotopic (exact) mass is 645 g/mol. The first-order valence-electron chi connectivity index (χ1n) is 14.1. The molecule has 3 aromatic carbocycles. The van der Waals surface area contributed by atoms with Crippen LogP contribution in [0.25, 0.3) is 10.8 Å². The molecule has 3 rings (SSSR count). The minimum Gasteiger partial charge on any atom is -0.416 e. The second kappa shape index (κ2) is 14.7. The molecule has 0 unspecified atom stereocenters. The quantitative estimate of drug-likeness (QED) is 0.131. The van der Waals surface area contributed by atoms with Gasteiger partial charge in [-0.25, -0.2) is 13.1 Å². The number of hydrogen-bond donors (Lipinski definition) is 2. The van der Waals surface area contributed by atoms with E-state index in [1.165, 1.54) is 0 Å². The first kappa shape index (κ1) is 34.6. The van der Waals surface area contributed by atoms with Crippen molar-refractivity contribution in [3.05, 3.63) is 71.8 Å². The number of fused-ring (bicyclic) bond motifs is 1. The number of carbonyl (C=O) groups is 2. The summed E-state index contributed by atoms with van der Waals surface area (Å²) < 4.78 is 45.8. The molecule has 0 aliphatic carbocycles. The Hall–Kier alpha value is -2.92. The standard InChI is InChI=1S/C30H43N3O7SSi2/c1-33(2)27-13-8-12-26-25(27)11-9-14-29(26)41(36,37)32-21-10-20-31-30(35)24-17-15-23(16-18-24)28(34)19-22-42(5,6)40-43(7,38-3)39-4/h8-9,11-18,32H,10,19-22H2,1-7H3,(H,31,35). The zero-order valence-corrected chi connectivity index (χ0v) is 28.8. The zero-order chi connectivity index (χ0) is 31.8. The molecule has 0 atom stereocenters. The van der Waals surface area contributed by atoms with Gasteiger partial charge in [-0.05, 0) is 49.8 Å². The molecule has 13 heteroatoms. The fourth-order valence-corrected chi connectivity index (χ4v) is 12.0. The largest absolute Gasteiger partial charge is 0.486 e. The molecule has 43 heavy (non-hydrogen) atoms. The van der Waals surface area contributed by atoms with Crippen LogP contribution in [0.5, 0.6) is 0 Å². The summed E-state index contributed by atoms with van der Waals surface area (Å²) in [5, 5.41) is 4.31. The first-order chi connectivity index (χ1) is 20.2. The molecule has 2 N–H and O–H groups in total. The van der Waals surface area contributed by atoms with E-state index in [2.05, 4.69) is 10.0 Å². The van der Waals surface area contributed by atoms with Crippen molar-refractivity contribution in [2.45, 2.75) is 43.4 Å². The Morgan fingerprint density at radius 2 is 1.44 bits per heavy atom. The number of hydrogen-bond acceptors (Lipinski definition) is 8. The summed E-state index contributed by atoms with van der Waals surface area (Å²) >= 11 is 0. The average Bonchev–Trinajstić information content (AvgIpc) is 2.98. The van der Waals surface area contributed by atoms with Crippen LogP contribution in [0.2, 0.25) is 25.7 Å². The lowest BCUT2D eigenvalue weighted by Gasteiger charge is -2.32. The number of benzene rings is 3. The molecule has 0 fully saturated rings. The van der Waals surface area contributed by atoms with Crippen molar-refractivity contribution in [3.8, 4) is 0 Å². The Labute approximate surface area is 257 Å². The summed E-state index contributed by atoms with van der Waals surface area (Å²) in [6, 6.07) is 18.0. The molecule has 10 nitrogen and oxygen atoms in total. The highest BCUT2D eigenvalue weighted by Gasteiger charge is 2.39. The number of nitrogens with zero attached hydrogens (tertiary/aromatic N) is 1. The molecule has 0 saturated carbocycles. The number of ketones is 1. The van der Waals surface area contributed by atoms with E-state index >= 15 is 0 Å². The molecule has 3 aromatic rings. The van der Waals surface area contributed by atoms with E-state index in [0.717, 1.165) is 11.1 Å². The molecule has 0 aromatic heterocycles. The fraction of sp³-hybridized carbons (Fsp3) is 0.400. The number of carbonyl (C=O) groups excluding carboxylic acids is 2. The molecule has 234 valence electrons. The maximum Gasteiger partial charge on any atom is 0.486 e. The summed E-state index contributed by atoms with van der Waals surface area (Å²) in [5.74, 6) is -0.316. The third kappa shape index (κ3) is 9.28. The lowest BCUT2D eigenvalue weighted by atomic mass is 10.1. The van der Waals surface area contributed by atoms with Crippen molar-refractivity contribution in [3.63, 3.8) is 0 Å². The van der Waals surface area contributed by atoms with Crippen LogP contribution < -0.4 is 14.9 Å². The SMILES string of the molecule is CO[Si](C)(OC)O[Si](C)(C)CCC(=O)c1ccc(C(=O)NCCCNS(=O)(=O)c2cccc3c(N(C)C)cccc23)cc1. The van der Waals surface area contributed by atoms with Gasteiger partial charge in [0.2, 0.25) is 10.0 Å². The summed E-state index contributed by atoms with van der Waals surface area (Å²) in [4.78, 5) is 27.6. The van der Waals surface area contributed by atoms with Crippen LogP contribution in [0.1, 0.15) is 33.6 Å². The molecule has 0 spiro atoms. The average molecular weight is 646 g/mol. The van der Waals surface area contributed by atoms with Crippen LogP contribution in [0.3, 0.4) is 0 Å². The van der Waals surface area contributed by atoms with Gasteiger partial charge >= 0.3 is 8.80 Å². The predicted molar refractivity (Wildman–Crippen MR) is 175 cm³/mol. The Morgan fingerprint density at radius 3 is 2.07 bits per heavy atom. The molecule has 0 saturated heterocycles. The van der Waals surface area contributed by atoms with Gasteiger partial charge in [0.05, 0.1) is 4.90 Å². The number of anilines is 1. The summed E-state index contributed by atoms with van der Waals surface area (Å²) in [5.41, 5.74) is 1.88. The third-order valence-electron chi connectivity index (χ3n) is 7.19. The lowest BCUT2D eigenvalue weighted by Crippen LogP contribution is -2.49. The number of Topliss-reactive ketones (excluding diaryl/α,β-unsaturated/α-hetero) is 1. The molecule has 0 heterocycles. The minimum absolute atomic E-state index is 0.0225. The summed E-state index contributed by atoms with van der Waals surface area (Å²) in [6.07, 6.45) is 0.735. The van der Waals surface area contributed by atoms with E-state index < -0.39 is 27.1 Å². The normalized spacial score (nSPS) is 12.3. The van der Waals surface area contributed by atoms with Crippen molar-refractivity contribution in [2.75, 3.05) is 46.3 Å². The molecule has 1 amide bonds. The van der Waals surface area contributed by atoms with Crippen LogP contribution in [0, 0.1) is 0 Å². The Bertz CT molecular complexity index is 1530. The van der Waals surface area contributed by atoms with Gasteiger partial charge in [-0.2, -0.15) is 0 Å². The molecule has 0 bridgehead atoms. The number of nitrogens with one attached hydrogen (secondary N) is 2. The van der Waals surface area contributed by atoms with Gasteiger partial charge in [0, 0.05) is 82.0 Å². The summed E-state index contributed by atoms with van der Waals surface area (Å²) in [7, 11) is -1.67. The van der Waals surface area contributed by atoms with Crippen LogP contribution in [0.15, 0.2) is 65.6 Å². The predicted octanol–water partition coefficient (Wildman–Crippen LogP) is 4.66. The minimum atomic E-state index is -3.75. The highest BCUT2D eigenvalue weighted by Crippen LogP contribution is 2.30. The van der Waals surface area contributed by atoms with Crippen LogP contribution in [-0.2, 0) is 23.0 Å². The topological polar surface area (TPSA) is 123 Å². The highest BCUT2D eigenvalue weighted by atomic mass is 32.2. The molecular weight excluding hydrogens is 603 g/mol. The Balaban J connectivity index is 1.48. The molecule has 0 aliphatic rings. The lowest BCUT2D eigenvalue weighted by molar-refractivity contribution is 0.0949. The van der Waals surface area contributed by atoms with Crippen molar-refractivity contribution >= 4 is 55.3 Å². The van der Waals surface area contributed by atoms with E-state index in [1.807, 2.05) is 56.8 Å². The van der Waals surface area contributed by atoms with Crippen molar-refractivity contribution < 1.29 is 31.0 Å². The maximum absolute atomic E-state index is 13.1. The molecule has 0 aliphatic heterocycles. The summed E-state index contributed by atoms with van der Waals surface area (Å²) in [6.45, 7) is 6.35. The van der Waals surface area contributed by atoms with Crippen molar-refractivity contribution in [1.29, 1.82) is 0 Å². The maximum atomic E-state index is 13.1. The van der Waals surface area contributed by atoms with Gasteiger partial charge in [-0.1, -0.05) is 36.4 Å². The van der Waals surface area contributed by atoms with Gasteiger partial charge in [-0.15, -0.1) is 0 Å². The second-order valence-corrected chi connectivity index (χ2v) is 20.3. The number of sulfonamides is 1. The fourth-order valence-electron chi connectivity index (χ4n) is 4.65. The smallest absolute Gasteiger partial charge is 0.416 e. The van der Waals surface area contributed by atoms with E-state index in [4.69, 9.17) is 13.0 Å². The third-order valence-corrected chi connectivity index (χ3v) is 15.3. The van der Waals surface area contributed by atoms with Gasteiger partial charge in [0.15, 0.2) is 14.1 Å². The second-order valence-electron chi connectivity index (χ2n) is 11.2. The Morgan fingerprint density at radius 1 is 0.837 bits per heavy atom. The zero-order valence-electron chi connectivity index (χ0n) is 26.0. The first-order valence-corrected chi connectivity index (χ1v) is 20.9. The van der Waals surface area contributed by atoms with Gasteiger partial charge in [-0.3, -0.25) is 9.59 Å². The molecule has 0 radical (unpaired) electrons. The van der Waals surface area contributed by atoms with Gasteiger partial charge in [0.1, 0.15) is 0 Å². The number of amides is 1. The van der Waals surface area contributed by atoms with Gasteiger partial charge in [0.25, 0.3) is 5.91 Å².